The molecule has 0 saturated carbocycles. The minimum absolute atomic E-state index is 0.456. The number of hydrogen-bond acceptors (Lipinski definition) is 2. The number of benzene rings is 1. The Morgan fingerprint density at radius 3 is 2.58 bits per heavy atom. The Labute approximate surface area is 112 Å². The molecule has 0 radical (unpaired) electrons. The summed E-state index contributed by atoms with van der Waals surface area (Å²) in [5.41, 5.74) is 0.921. The van der Waals surface area contributed by atoms with E-state index in [1.165, 1.54) is 0 Å². The number of rotatable bonds is 6. The Kier molecular flexibility index (Phi) is 4.23. The summed E-state index contributed by atoms with van der Waals surface area (Å²) in [6, 6.07) is 11.3. The van der Waals surface area contributed by atoms with Crippen molar-refractivity contribution in [3.8, 4) is 5.75 Å². The van der Waals surface area contributed by atoms with E-state index in [4.69, 9.17) is 4.74 Å². The molecule has 1 heterocycles. The largest absolute Gasteiger partial charge is 0.496 e. The van der Waals surface area contributed by atoms with Gasteiger partial charge in [0, 0.05) is 18.9 Å². The van der Waals surface area contributed by atoms with Gasteiger partial charge in [-0.3, -0.25) is 4.79 Å². The number of carboxylic acid groups (broad SMARTS) is 1. The monoisotopic (exact) mass is 259 g/mol. The van der Waals surface area contributed by atoms with Gasteiger partial charge in [0.1, 0.15) is 5.75 Å². The van der Waals surface area contributed by atoms with E-state index in [-0.39, 0.29) is 0 Å². The molecule has 2 aromatic rings. The number of para-hydroxylation sites is 1. The SMILES string of the molecule is COc1ccccc1CC(Cn1cccc1)C(=O)O. The van der Waals surface area contributed by atoms with E-state index >= 15 is 0 Å². The lowest BCUT2D eigenvalue weighted by Gasteiger charge is -2.15. The van der Waals surface area contributed by atoms with E-state index in [0.717, 1.165) is 11.3 Å². The van der Waals surface area contributed by atoms with Gasteiger partial charge in [-0.25, -0.2) is 0 Å². The Hall–Kier alpha value is -2.23. The molecule has 100 valence electrons. The molecule has 0 aliphatic carbocycles. The first-order chi connectivity index (χ1) is 9.20. The van der Waals surface area contributed by atoms with E-state index in [0.29, 0.717) is 13.0 Å². The Balaban J connectivity index is 2.14. The summed E-state index contributed by atoms with van der Waals surface area (Å²) in [7, 11) is 1.60. The van der Waals surface area contributed by atoms with Crippen molar-refractivity contribution in [3.63, 3.8) is 0 Å². The van der Waals surface area contributed by atoms with Gasteiger partial charge < -0.3 is 14.4 Å². The maximum absolute atomic E-state index is 11.4. The maximum Gasteiger partial charge on any atom is 0.308 e. The summed E-state index contributed by atoms with van der Waals surface area (Å²) in [5.74, 6) is -0.524. The smallest absolute Gasteiger partial charge is 0.308 e. The molecule has 1 aromatic carbocycles. The topological polar surface area (TPSA) is 51.5 Å². The van der Waals surface area contributed by atoms with E-state index in [9.17, 15) is 9.90 Å². The zero-order valence-electron chi connectivity index (χ0n) is 10.8. The molecule has 0 aliphatic heterocycles. The summed E-state index contributed by atoms with van der Waals surface area (Å²) < 4.78 is 7.14. The molecule has 0 bridgehead atoms. The van der Waals surface area contributed by atoms with Gasteiger partial charge in [0.2, 0.25) is 0 Å². The van der Waals surface area contributed by atoms with Crippen LogP contribution in [-0.4, -0.2) is 22.8 Å². The lowest BCUT2D eigenvalue weighted by atomic mass is 9.98. The van der Waals surface area contributed by atoms with Gasteiger partial charge in [-0.15, -0.1) is 0 Å². The second kappa shape index (κ2) is 6.09. The number of nitrogens with zero attached hydrogens (tertiary/aromatic N) is 1. The third-order valence-electron chi connectivity index (χ3n) is 3.11. The summed E-state index contributed by atoms with van der Waals surface area (Å²) in [4.78, 5) is 11.4. The number of ether oxygens (including phenoxy) is 1. The number of aromatic nitrogens is 1. The first-order valence-corrected chi connectivity index (χ1v) is 6.16. The molecule has 0 amide bonds. The third-order valence-corrected chi connectivity index (χ3v) is 3.11. The molecule has 1 atom stereocenters. The molecule has 19 heavy (non-hydrogen) atoms. The van der Waals surface area contributed by atoms with Crippen LogP contribution in [0.1, 0.15) is 5.56 Å². The molecular weight excluding hydrogens is 242 g/mol. The quantitative estimate of drug-likeness (QED) is 0.866. The summed E-state index contributed by atoms with van der Waals surface area (Å²) in [5, 5.41) is 9.34. The van der Waals surface area contributed by atoms with Gasteiger partial charge in [-0.2, -0.15) is 0 Å². The van der Waals surface area contributed by atoms with Crippen LogP contribution in [0.15, 0.2) is 48.8 Å². The first kappa shape index (κ1) is 13.2. The van der Waals surface area contributed by atoms with Crippen molar-refractivity contribution < 1.29 is 14.6 Å². The van der Waals surface area contributed by atoms with Crippen molar-refractivity contribution in [2.45, 2.75) is 13.0 Å². The fourth-order valence-corrected chi connectivity index (χ4v) is 2.11. The molecule has 2 rings (SSSR count). The Morgan fingerprint density at radius 2 is 1.95 bits per heavy atom. The zero-order valence-corrected chi connectivity index (χ0v) is 10.8. The van der Waals surface area contributed by atoms with Crippen molar-refractivity contribution in [3.05, 3.63) is 54.4 Å². The van der Waals surface area contributed by atoms with Gasteiger partial charge >= 0.3 is 5.97 Å². The highest BCUT2D eigenvalue weighted by Gasteiger charge is 2.20. The average Bonchev–Trinajstić information content (AvgIpc) is 2.91. The lowest BCUT2D eigenvalue weighted by molar-refractivity contribution is -0.142. The van der Waals surface area contributed by atoms with Crippen LogP contribution in [0.3, 0.4) is 0 Å². The Morgan fingerprint density at radius 1 is 1.26 bits per heavy atom. The highest BCUT2D eigenvalue weighted by Crippen LogP contribution is 2.22. The predicted molar refractivity (Wildman–Crippen MR) is 72.3 cm³/mol. The highest BCUT2D eigenvalue weighted by molar-refractivity contribution is 5.70. The molecule has 1 aromatic heterocycles. The second-order valence-corrected chi connectivity index (χ2v) is 4.43. The van der Waals surface area contributed by atoms with Gasteiger partial charge in [-0.05, 0) is 30.2 Å². The molecule has 1 unspecified atom stereocenters. The van der Waals surface area contributed by atoms with Crippen molar-refractivity contribution in [1.29, 1.82) is 0 Å². The standard InChI is InChI=1S/C15H17NO3/c1-19-14-7-3-2-6-12(14)10-13(15(17)18)11-16-8-4-5-9-16/h2-9,13H,10-11H2,1H3,(H,17,18). The minimum Gasteiger partial charge on any atom is -0.496 e. The van der Waals surface area contributed by atoms with Crippen LogP contribution in [-0.2, 0) is 17.8 Å². The third kappa shape index (κ3) is 3.37. The molecule has 4 nitrogen and oxygen atoms in total. The molecule has 0 fully saturated rings. The van der Waals surface area contributed by atoms with Crippen molar-refractivity contribution >= 4 is 5.97 Å². The van der Waals surface area contributed by atoms with Crippen molar-refractivity contribution in [1.82, 2.24) is 4.57 Å². The summed E-state index contributed by atoms with van der Waals surface area (Å²) in [6.45, 7) is 0.459. The normalized spacial score (nSPS) is 12.1. The molecule has 0 aliphatic rings. The molecule has 0 spiro atoms. The average molecular weight is 259 g/mol. The predicted octanol–water partition coefficient (Wildman–Crippen LogP) is 2.44. The van der Waals surface area contributed by atoms with Crippen LogP contribution in [0.4, 0.5) is 0 Å². The van der Waals surface area contributed by atoms with E-state index in [2.05, 4.69) is 0 Å². The zero-order chi connectivity index (χ0) is 13.7. The van der Waals surface area contributed by atoms with Crippen LogP contribution in [0.2, 0.25) is 0 Å². The summed E-state index contributed by atoms with van der Waals surface area (Å²) in [6.07, 6.45) is 4.20. The van der Waals surface area contributed by atoms with Crippen molar-refractivity contribution in [2.24, 2.45) is 5.92 Å². The number of hydrogen-bond donors (Lipinski definition) is 1. The van der Waals surface area contributed by atoms with Gasteiger partial charge in [0.25, 0.3) is 0 Å². The molecular formula is C15H17NO3. The van der Waals surface area contributed by atoms with Crippen LogP contribution >= 0.6 is 0 Å². The number of carboxylic acids is 1. The summed E-state index contributed by atoms with van der Waals surface area (Å²) >= 11 is 0. The second-order valence-electron chi connectivity index (χ2n) is 4.43. The molecule has 1 N–H and O–H groups in total. The van der Waals surface area contributed by atoms with Crippen LogP contribution in [0, 0.1) is 5.92 Å². The van der Waals surface area contributed by atoms with Crippen LogP contribution in [0.25, 0.3) is 0 Å². The fourth-order valence-electron chi connectivity index (χ4n) is 2.11. The number of aliphatic carboxylic acids is 1. The van der Waals surface area contributed by atoms with E-state index in [1.807, 2.05) is 53.4 Å². The van der Waals surface area contributed by atoms with E-state index in [1.54, 1.807) is 7.11 Å². The Bertz CT molecular complexity index is 534. The first-order valence-electron chi connectivity index (χ1n) is 6.16. The van der Waals surface area contributed by atoms with E-state index < -0.39 is 11.9 Å². The fraction of sp³-hybridized carbons (Fsp3) is 0.267. The minimum atomic E-state index is -0.792. The van der Waals surface area contributed by atoms with Crippen LogP contribution < -0.4 is 4.74 Å². The van der Waals surface area contributed by atoms with Crippen LogP contribution in [0.5, 0.6) is 5.75 Å². The number of methoxy groups -OCH3 is 1. The molecule has 0 saturated heterocycles. The van der Waals surface area contributed by atoms with Crippen molar-refractivity contribution in [2.75, 3.05) is 7.11 Å². The van der Waals surface area contributed by atoms with Gasteiger partial charge in [0.15, 0.2) is 0 Å². The van der Waals surface area contributed by atoms with Gasteiger partial charge in [0.05, 0.1) is 13.0 Å². The lowest BCUT2D eigenvalue weighted by Crippen LogP contribution is -2.22. The maximum atomic E-state index is 11.4. The number of carbonyl (C=O) groups is 1. The molecule has 4 heteroatoms. The van der Waals surface area contributed by atoms with Gasteiger partial charge in [-0.1, -0.05) is 18.2 Å². The highest BCUT2D eigenvalue weighted by atomic mass is 16.5.